The number of halogens is 1. The van der Waals surface area contributed by atoms with Gasteiger partial charge in [0.05, 0.1) is 0 Å². The van der Waals surface area contributed by atoms with Crippen molar-refractivity contribution >= 4 is 24.0 Å². The molecule has 0 atom stereocenters. The van der Waals surface area contributed by atoms with Gasteiger partial charge in [0.2, 0.25) is 0 Å². The average molecular weight is 383 g/mol. The Balaban J connectivity index is 0.00000210. The zero-order valence-electron chi connectivity index (χ0n) is 14.6. The molecule has 5 nitrogen and oxygen atoms in total. The van der Waals surface area contributed by atoms with Gasteiger partial charge in [0.15, 0.2) is 11.5 Å². The van der Waals surface area contributed by atoms with Gasteiger partial charge in [-0.25, -0.2) is 0 Å². The zero-order chi connectivity index (χ0) is 17.8. The van der Waals surface area contributed by atoms with Crippen LogP contribution >= 0.6 is 12.4 Å². The molecule has 1 aromatic heterocycles. The molecule has 6 heteroatoms. The Bertz CT molecular complexity index is 914. The topological polar surface area (TPSA) is 60.5 Å². The highest BCUT2D eigenvalue weighted by atomic mass is 35.5. The number of benzene rings is 2. The molecule has 0 spiro atoms. The summed E-state index contributed by atoms with van der Waals surface area (Å²) in [5.74, 6) is 1.11. The minimum atomic E-state index is -0.177. The monoisotopic (exact) mass is 382 g/mol. The number of pyridine rings is 1. The number of nitrogens with zero attached hydrogens (tertiary/aromatic N) is 1. The largest absolute Gasteiger partial charge is 0.486 e. The van der Waals surface area contributed by atoms with Crippen LogP contribution in [0, 0.1) is 0 Å². The number of rotatable bonds is 4. The molecule has 0 unspecified atom stereocenters. The van der Waals surface area contributed by atoms with Gasteiger partial charge in [-0.15, -0.1) is 12.4 Å². The lowest BCUT2D eigenvalue weighted by Gasteiger charge is -2.18. The molecule has 1 N–H and O–H groups in total. The molecule has 0 aliphatic carbocycles. The summed E-state index contributed by atoms with van der Waals surface area (Å²) >= 11 is 0. The quantitative estimate of drug-likeness (QED) is 0.737. The van der Waals surface area contributed by atoms with Crippen LogP contribution in [0.4, 0.5) is 5.69 Å². The van der Waals surface area contributed by atoms with Crippen molar-refractivity contribution in [2.24, 2.45) is 0 Å². The van der Waals surface area contributed by atoms with Crippen molar-refractivity contribution in [1.29, 1.82) is 0 Å². The minimum Gasteiger partial charge on any atom is -0.486 e. The van der Waals surface area contributed by atoms with Crippen LogP contribution in [0.2, 0.25) is 0 Å². The summed E-state index contributed by atoms with van der Waals surface area (Å²) in [5, 5.41) is 2.91. The fraction of sp³-hybridized carbons (Fsp3) is 0.143. The van der Waals surface area contributed by atoms with Crippen LogP contribution in [-0.4, -0.2) is 24.1 Å². The lowest BCUT2D eigenvalue weighted by Crippen LogP contribution is -2.17. The third-order valence-corrected chi connectivity index (χ3v) is 4.17. The molecule has 2 heterocycles. The maximum absolute atomic E-state index is 12.5. The Hall–Kier alpha value is -3.05. The number of anilines is 1. The van der Waals surface area contributed by atoms with Gasteiger partial charge in [-0.1, -0.05) is 12.1 Å². The second-order valence-electron chi connectivity index (χ2n) is 6.04. The summed E-state index contributed by atoms with van der Waals surface area (Å²) in [6.45, 7) is 1.03. The third kappa shape index (κ3) is 4.57. The smallest absolute Gasteiger partial charge is 0.255 e. The van der Waals surface area contributed by atoms with E-state index in [2.05, 4.69) is 10.3 Å². The van der Waals surface area contributed by atoms with Gasteiger partial charge >= 0.3 is 0 Å². The van der Waals surface area contributed by atoms with Gasteiger partial charge < -0.3 is 14.8 Å². The van der Waals surface area contributed by atoms with Gasteiger partial charge in [0, 0.05) is 23.6 Å². The third-order valence-electron chi connectivity index (χ3n) is 4.17. The van der Waals surface area contributed by atoms with Crippen LogP contribution in [-0.2, 0) is 6.42 Å². The molecule has 1 aliphatic rings. The predicted molar refractivity (Wildman–Crippen MR) is 106 cm³/mol. The summed E-state index contributed by atoms with van der Waals surface area (Å²) < 4.78 is 11.0. The number of ether oxygens (including phenoxy) is 2. The van der Waals surface area contributed by atoms with E-state index in [1.165, 1.54) is 11.1 Å². The molecule has 0 radical (unpaired) electrons. The molecule has 1 amide bonds. The first-order valence-electron chi connectivity index (χ1n) is 8.47. The van der Waals surface area contributed by atoms with Crippen LogP contribution < -0.4 is 14.8 Å². The van der Waals surface area contributed by atoms with E-state index in [0.29, 0.717) is 30.3 Å². The van der Waals surface area contributed by atoms with Crippen molar-refractivity contribution in [2.45, 2.75) is 6.42 Å². The first kappa shape index (κ1) is 18.7. The van der Waals surface area contributed by atoms with E-state index in [0.717, 1.165) is 12.1 Å². The Morgan fingerprint density at radius 3 is 2.30 bits per heavy atom. The number of hydrogen-bond acceptors (Lipinski definition) is 4. The molecule has 0 bridgehead atoms. The van der Waals surface area contributed by atoms with Crippen molar-refractivity contribution in [2.75, 3.05) is 18.5 Å². The molecule has 0 fully saturated rings. The van der Waals surface area contributed by atoms with Crippen molar-refractivity contribution in [1.82, 2.24) is 4.98 Å². The van der Waals surface area contributed by atoms with Crippen molar-refractivity contribution in [3.05, 3.63) is 83.7 Å². The highest BCUT2D eigenvalue weighted by Gasteiger charge is 2.15. The standard InChI is InChI=1S/C21H18N2O3.ClH/c24-21(17-3-6-19-20(14-17)26-12-11-25-19)23-18-4-1-15(2-5-18)13-16-7-9-22-10-8-16;/h1-10,14H,11-13H2,(H,23,24);1H. The molecular weight excluding hydrogens is 364 g/mol. The molecule has 27 heavy (non-hydrogen) atoms. The molecule has 138 valence electrons. The van der Waals surface area contributed by atoms with E-state index in [9.17, 15) is 4.79 Å². The number of fused-ring (bicyclic) bond motifs is 1. The van der Waals surface area contributed by atoms with Gasteiger partial charge in [-0.3, -0.25) is 9.78 Å². The highest BCUT2D eigenvalue weighted by Crippen LogP contribution is 2.31. The summed E-state index contributed by atoms with van der Waals surface area (Å²) in [5.41, 5.74) is 3.67. The number of aromatic nitrogens is 1. The van der Waals surface area contributed by atoms with Gasteiger partial charge in [-0.05, 0) is 60.0 Å². The first-order chi connectivity index (χ1) is 12.8. The molecule has 0 saturated carbocycles. The predicted octanol–water partition coefficient (Wildman–Crippen LogP) is 4.12. The number of amides is 1. The average Bonchev–Trinajstić information content (AvgIpc) is 2.70. The van der Waals surface area contributed by atoms with E-state index in [1.54, 1.807) is 30.6 Å². The molecule has 2 aromatic carbocycles. The summed E-state index contributed by atoms with van der Waals surface area (Å²) in [6, 6.07) is 17.1. The van der Waals surface area contributed by atoms with E-state index in [-0.39, 0.29) is 18.3 Å². The van der Waals surface area contributed by atoms with Crippen LogP contribution in [0.3, 0.4) is 0 Å². The zero-order valence-corrected chi connectivity index (χ0v) is 15.4. The summed E-state index contributed by atoms with van der Waals surface area (Å²) in [7, 11) is 0. The summed E-state index contributed by atoms with van der Waals surface area (Å²) in [6.07, 6.45) is 4.41. The number of hydrogen-bond donors (Lipinski definition) is 1. The SMILES string of the molecule is Cl.O=C(Nc1ccc(Cc2ccncc2)cc1)c1ccc2c(c1)OCCO2. The van der Waals surface area contributed by atoms with Gasteiger partial charge in [-0.2, -0.15) is 0 Å². The van der Waals surface area contributed by atoms with Crippen LogP contribution in [0.1, 0.15) is 21.5 Å². The molecule has 0 saturated heterocycles. The first-order valence-corrected chi connectivity index (χ1v) is 8.47. The van der Waals surface area contributed by atoms with Crippen molar-refractivity contribution < 1.29 is 14.3 Å². The van der Waals surface area contributed by atoms with E-state index in [4.69, 9.17) is 9.47 Å². The minimum absolute atomic E-state index is 0. The number of carbonyl (C=O) groups excluding carboxylic acids is 1. The van der Waals surface area contributed by atoms with E-state index in [1.807, 2.05) is 36.4 Å². The van der Waals surface area contributed by atoms with Crippen LogP contribution in [0.15, 0.2) is 67.0 Å². The van der Waals surface area contributed by atoms with Crippen molar-refractivity contribution in [3.8, 4) is 11.5 Å². The van der Waals surface area contributed by atoms with Crippen molar-refractivity contribution in [3.63, 3.8) is 0 Å². The summed E-state index contributed by atoms with van der Waals surface area (Å²) in [4.78, 5) is 16.5. The molecule has 4 rings (SSSR count). The fourth-order valence-electron chi connectivity index (χ4n) is 2.83. The second-order valence-corrected chi connectivity index (χ2v) is 6.04. The maximum Gasteiger partial charge on any atom is 0.255 e. The number of nitrogens with one attached hydrogen (secondary N) is 1. The van der Waals surface area contributed by atoms with E-state index >= 15 is 0 Å². The Morgan fingerprint density at radius 2 is 1.56 bits per heavy atom. The van der Waals surface area contributed by atoms with Gasteiger partial charge in [0.1, 0.15) is 13.2 Å². The molecule has 1 aliphatic heterocycles. The van der Waals surface area contributed by atoms with E-state index < -0.39 is 0 Å². The maximum atomic E-state index is 12.5. The second kappa shape index (κ2) is 8.56. The number of carbonyl (C=O) groups is 1. The van der Waals surface area contributed by atoms with Crippen LogP contribution in [0.5, 0.6) is 11.5 Å². The van der Waals surface area contributed by atoms with Crippen LogP contribution in [0.25, 0.3) is 0 Å². The fourth-order valence-corrected chi connectivity index (χ4v) is 2.83. The Kier molecular flexibility index (Phi) is 5.94. The Labute approximate surface area is 163 Å². The lowest BCUT2D eigenvalue weighted by molar-refractivity contribution is 0.102. The van der Waals surface area contributed by atoms with Gasteiger partial charge in [0.25, 0.3) is 5.91 Å². The Morgan fingerprint density at radius 1 is 0.889 bits per heavy atom. The molecular formula is C21H19ClN2O3. The normalized spacial score (nSPS) is 12.0. The highest BCUT2D eigenvalue weighted by molar-refractivity contribution is 6.04. The molecule has 3 aromatic rings. The lowest BCUT2D eigenvalue weighted by atomic mass is 10.1.